The molecule has 28 heavy (non-hydrogen) atoms. The molecule has 2 aromatic rings. The van der Waals surface area contributed by atoms with Gasteiger partial charge in [-0.25, -0.2) is 14.4 Å². The Balaban J connectivity index is 1.67. The number of hydrogen-bond donors (Lipinski definition) is 1. The molecule has 1 N–H and O–H groups in total. The van der Waals surface area contributed by atoms with E-state index in [0.29, 0.717) is 22.2 Å². The smallest absolute Gasteiger partial charge is 0.274 e. The van der Waals surface area contributed by atoms with Crippen molar-refractivity contribution in [1.82, 2.24) is 4.98 Å². The molecule has 1 aromatic heterocycles. The number of allylic oxidation sites excluding steroid dienone is 1. The van der Waals surface area contributed by atoms with E-state index in [0.717, 1.165) is 18.6 Å². The highest BCUT2D eigenvalue weighted by Gasteiger charge is 2.45. The second-order valence-electron chi connectivity index (χ2n) is 7.13. The van der Waals surface area contributed by atoms with Crippen LogP contribution in [0.5, 0.6) is 0 Å². The van der Waals surface area contributed by atoms with Gasteiger partial charge in [-0.3, -0.25) is 4.79 Å². The fourth-order valence-corrected chi connectivity index (χ4v) is 4.00. The predicted octanol–water partition coefficient (Wildman–Crippen LogP) is 5.08. The molecule has 4 rings (SSSR count). The molecule has 144 valence electrons. The molecule has 2 unspecified atom stereocenters. The molecule has 0 radical (unpaired) electrons. The predicted molar refractivity (Wildman–Crippen MR) is 106 cm³/mol. The van der Waals surface area contributed by atoms with E-state index < -0.39 is 11.4 Å². The Morgan fingerprint density at radius 1 is 1.36 bits per heavy atom. The molecule has 0 spiro atoms. The Hall–Kier alpha value is -2.73. The maximum absolute atomic E-state index is 14.8. The van der Waals surface area contributed by atoms with Gasteiger partial charge in [0.05, 0.1) is 10.6 Å². The zero-order valence-corrected chi connectivity index (χ0v) is 16.3. The van der Waals surface area contributed by atoms with E-state index in [1.807, 2.05) is 13.0 Å². The SMILES string of the molecule is CC1=NC(C)(c2cc(NC(=O)c3ccc(Cl)cn3)ccc2F)C2CCC=C2O1. The minimum Gasteiger partial charge on any atom is -0.448 e. The number of halogens is 2. The molecule has 2 atom stereocenters. The molecule has 2 aliphatic rings. The molecule has 7 heteroatoms. The molecule has 0 saturated heterocycles. The number of amides is 1. The number of aliphatic imine (C=N–C) groups is 1. The van der Waals surface area contributed by atoms with Gasteiger partial charge in [-0.15, -0.1) is 0 Å². The second-order valence-corrected chi connectivity index (χ2v) is 7.56. The summed E-state index contributed by atoms with van der Waals surface area (Å²) in [6.45, 7) is 3.68. The van der Waals surface area contributed by atoms with E-state index in [1.165, 1.54) is 24.4 Å². The van der Waals surface area contributed by atoms with Crippen molar-refractivity contribution in [2.75, 3.05) is 5.32 Å². The van der Waals surface area contributed by atoms with Crippen LogP contribution in [0.3, 0.4) is 0 Å². The van der Waals surface area contributed by atoms with Crippen molar-refractivity contribution in [2.45, 2.75) is 32.2 Å². The number of ether oxygens (including phenoxy) is 1. The van der Waals surface area contributed by atoms with Gasteiger partial charge >= 0.3 is 0 Å². The molecule has 1 amide bonds. The fraction of sp³-hybridized carbons (Fsp3) is 0.286. The Labute approximate surface area is 167 Å². The molecular weight excluding hydrogens is 381 g/mol. The molecule has 5 nitrogen and oxygen atoms in total. The quantitative estimate of drug-likeness (QED) is 0.782. The molecule has 0 saturated carbocycles. The van der Waals surface area contributed by atoms with Crippen molar-refractivity contribution in [3.63, 3.8) is 0 Å². The van der Waals surface area contributed by atoms with E-state index in [2.05, 4.69) is 15.3 Å². The number of nitrogens with one attached hydrogen (secondary N) is 1. The summed E-state index contributed by atoms with van der Waals surface area (Å²) in [4.78, 5) is 21.1. The lowest BCUT2D eigenvalue weighted by Gasteiger charge is -2.38. The van der Waals surface area contributed by atoms with Crippen LogP contribution in [0.1, 0.15) is 42.7 Å². The molecule has 1 aliphatic carbocycles. The van der Waals surface area contributed by atoms with Crippen LogP contribution in [0.4, 0.5) is 10.1 Å². The maximum Gasteiger partial charge on any atom is 0.274 e. The van der Waals surface area contributed by atoms with Crippen LogP contribution in [0.25, 0.3) is 0 Å². The average molecular weight is 400 g/mol. The Morgan fingerprint density at radius 2 is 2.18 bits per heavy atom. The van der Waals surface area contributed by atoms with Crippen LogP contribution >= 0.6 is 11.6 Å². The standard InChI is InChI=1S/C21H19ClFN3O2/c1-12-26-21(2,15-4-3-5-19(15)28-12)16-10-14(7-8-17(16)23)25-20(27)18-9-6-13(22)11-24-18/h5-11,15H,3-4H2,1-2H3,(H,25,27). The topological polar surface area (TPSA) is 63.6 Å². The Morgan fingerprint density at radius 3 is 2.93 bits per heavy atom. The van der Waals surface area contributed by atoms with Crippen LogP contribution in [-0.4, -0.2) is 16.8 Å². The van der Waals surface area contributed by atoms with Crippen molar-refractivity contribution in [2.24, 2.45) is 10.9 Å². The maximum atomic E-state index is 14.8. The van der Waals surface area contributed by atoms with Gasteiger partial charge in [0.25, 0.3) is 5.91 Å². The first-order valence-electron chi connectivity index (χ1n) is 9.04. The van der Waals surface area contributed by atoms with Crippen LogP contribution in [0, 0.1) is 11.7 Å². The molecule has 0 fully saturated rings. The zero-order valence-electron chi connectivity index (χ0n) is 15.5. The van der Waals surface area contributed by atoms with Gasteiger partial charge in [0, 0.05) is 30.3 Å². The van der Waals surface area contributed by atoms with E-state index in [1.54, 1.807) is 19.1 Å². The monoisotopic (exact) mass is 399 g/mol. The summed E-state index contributed by atoms with van der Waals surface area (Å²) in [5.41, 5.74) is 0.327. The van der Waals surface area contributed by atoms with Gasteiger partial charge in [0.2, 0.25) is 0 Å². The zero-order chi connectivity index (χ0) is 19.9. The number of hydrogen-bond acceptors (Lipinski definition) is 4. The highest BCUT2D eigenvalue weighted by atomic mass is 35.5. The highest BCUT2D eigenvalue weighted by molar-refractivity contribution is 6.30. The number of anilines is 1. The van der Waals surface area contributed by atoms with Crippen molar-refractivity contribution >= 4 is 29.1 Å². The van der Waals surface area contributed by atoms with E-state index in [9.17, 15) is 9.18 Å². The lowest BCUT2D eigenvalue weighted by molar-refractivity contribution is 0.102. The van der Waals surface area contributed by atoms with Crippen molar-refractivity contribution in [1.29, 1.82) is 0 Å². The van der Waals surface area contributed by atoms with Gasteiger partial charge in [0.1, 0.15) is 17.3 Å². The minimum atomic E-state index is -0.798. The normalized spacial score (nSPS) is 23.4. The van der Waals surface area contributed by atoms with Crippen LogP contribution < -0.4 is 5.32 Å². The first-order chi connectivity index (χ1) is 13.4. The van der Waals surface area contributed by atoms with E-state index in [4.69, 9.17) is 16.3 Å². The number of carbonyl (C=O) groups is 1. The van der Waals surface area contributed by atoms with Gasteiger partial charge < -0.3 is 10.1 Å². The summed E-state index contributed by atoms with van der Waals surface area (Å²) in [7, 11) is 0. The number of carbonyl (C=O) groups excluding carboxylic acids is 1. The number of rotatable bonds is 3. The second kappa shape index (κ2) is 7.02. The third-order valence-corrected chi connectivity index (χ3v) is 5.43. The largest absolute Gasteiger partial charge is 0.448 e. The van der Waals surface area contributed by atoms with E-state index >= 15 is 0 Å². The fourth-order valence-electron chi connectivity index (χ4n) is 3.89. The van der Waals surface area contributed by atoms with Crippen molar-refractivity contribution in [3.05, 3.63) is 70.5 Å². The Kier molecular flexibility index (Phi) is 4.67. The minimum absolute atomic E-state index is 0.0328. The third kappa shape index (κ3) is 3.29. The molecule has 1 aromatic carbocycles. The molecular formula is C21H19ClFN3O2. The van der Waals surface area contributed by atoms with Crippen LogP contribution in [0.2, 0.25) is 5.02 Å². The molecule has 0 bridgehead atoms. The molecule has 2 heterocycles. The van der Waals surface area contributed by atoms with Gasteiger partial charge in [-0.2, -0.15) is 0 Å². The summed E-state index contributed by atoms with van der Waals surface area (Å²) in [5, 5.41) is 3.21. The number of fused-ring (bicyclic) bond motifs is 1. The molecule has 1 aliphatic heterocycles. The first-order valence-corrected chi connectivity index (χ1v) is 9.42. The summed E-state index contributed by atoms with van der Waals surface area (Å²) in [6, 6.07) is 7.64. The van der Waals surface area contributed by atoms with Crippen LogP contribution in [0.15, 0.2) is 53.4 Å². The number of nitrogens with zero attached hydrogens (tertiary/aromatic N) is 2. The third-order valence-electron chi connectivity index (χ3n) is 5.21. The van der Waals surface area contributed by atoms with Crippen molar-refractivity contribution in [3.8, 4) is 0 Å². The number of aromatic nitrogens is 1. The van der Waals surface area contributed by atoms with Gasteiger partial charge in [0.15, 0.2) is 5.90 Å². The lowest BCUT2D eigenvalue weighted by atomic mass is 9.77. The van der Waals surface area contributed by atoms with Crippen molar-refractivity contribution < 1.29 is 13.9 Å². The van der Waals surface area contributed by atoms with E-state index in [-0.39, 0.29) is 17.4 Å². The number of pyridine rings is 1. The summed E-state index contributed by atoms with van der Waals surface area (Å²) < 4.78 is 20.5. The van der Waals surface area contributed by atoms with Crippen LogP contribution in [-0.2, 0) is 10.3 Å². The average Bonchev–Trinajstić information content (AvgIpc) is 3.13. The summed E-state index contributed by atoms with van der Waals surface area (Å²) in [6.07, 6.45) is 5.16. The van der Waals surface area contributed by atoms with Gasteiger partial charge in [-0.1, -0.05) is 11.6 Å². The number of benzene rings is 1. The lowest BCUT2D eigenvalue weighted by Crippen LogP contribution is -2.37. The summed E-state index contributed by atoms with van der Waals surface area (Å²) in [5.74, 6) is 0.553. The Bertz CT molecular complexity index is 1000. The first kappa shape index (κ1) is 18.6. The summed E-state index contributed by atoms with van der Waals surface area (Å²) >= 11 is 5.81. The highest BCUT2D eigenvalue weighted by Crippen LogP contribution is 2.48. The van der Waals surface area contributed by atoms with Gasteiger partial charge in [-0.05, 0) is 56.2 Å².